The molecular formula is C7H16N2O2. The molecule has 4 heteroatoms. The van der Waals surface area contributed by atoms with Crippen molar-refractivity contribution in [1.29, 1.82) is 0 Å². The number of ether oxygens (including phenoxy) is 1. The van der Waals surface area contributed by atoms with Gasteiger partial charge in [0, 0.05) is 12.1 Å². The van der Waals surface area contributed by atoms with Gasteiger partial charge in [-0.05, 0) is 20.8 Å². The molecular weight excluding hydrogens is 144 g/mol. The number of nitrogens with one attached hydrogen (secondary N) is 1. The molecule has 11 heavy (non-hydrogen) atoms. The average Bonchev–Trinajstić information content (AvgIpc) is 1.78. The van der Waals surface area contributed by atoms with Crippen molar-refractivity contribution in [2.75, 3.05) is 13.2 Å². The van der Waals surface area contributed by atoms with Gasteiger partial charge in [-0.3, -0.25) is 0 Å². The molecule has 0 aliphatic carbocycles. The number of rotatable bonds is 3. The lowest BCUT2D eigenvalue weighted by molar-refractivity contribution is 0.154. The molecule has 0 aromatic carbocycles. The van der Waals surface area contributed by atoms with E-state index in [1.807, 2.05) is 20.8 Å². The summed E-state index contributed by atoms with van der Waals surface area (Å²) < 4.78 is 4.51. The Kier molecular flexibility index (Phi) is 3.89. The molecule has 0 fully saturated rings. The summed E-state index contributed by atoms with van der Waals surface area (Å²) in [5, 5.41) is 3.14. The Morgan fingerprint density at radius 2 is 2.09 bits per heavy atom. The number of hydrogen-bond acceptors (Lipinski definition) is 3. The van der Waals surface area contributed by atoms with E-state index in [1.54, 1.807) is 0 Å². The van der Waals surface area contributed by atoms with Crippen molar-refractivity contribution in [3.63, 3.8) is 0 Å². The number of hydrogen-bond donors (Lipinski definition) is 2. The molecule has 0 radical (unpaired) electrons. The molecule has 0 rings (SSSR count). The van der Waals surface area contributed by atoms with Gasteiger partial charge in [0.2, 0.25) is 0 Å². The molecule has 0 aromatic heterocycles. The highest BCUT2D eigenvalue weighted by Gasteiger charge is 2.07. The van der Waals surface area contributed by atoms with E-state index in [2.05, 4.69) is 10.1 Å². The van der Waals surface area contributed by atoms with Crippen molar-refractivity contribution >= 4 is 6.09 Å². The number of carbonyl (C=O) groups is 1. The first-order chi connectivity index (χ1) is 4.92. The Balaban J connectivity index is 3.22. The Labute approximate surface area is 67.1 Å². The largest absolute Gasteiger partial charge is 0.448 e. The summed E-state index contributed by atoms with van der Waals surface area (Å²) in [6, 6.07) is 0. The van der Waals surface area contributed by atoms with E-state index in [1.165, 1.54) is 0 Å². The third-order valence-electron chi connectivity index (χ3n) is 1.00. The van der Waals surface area contributed by atoms with Crippen LogP contribution < -0.4 is 11.1 Å². The van der Waals surface area contributed by atoms with Crippen LogP contribution >= 0.6 is 0 Å². The lowest BCUT2D eigenvalue weighted by Crippen LogP contribution is -2.38. The molecule has 0 spiro atoms. The van der Waals surface area contributed by atoms with Crippen LogP contribution in [0.2, 0.25) is 0 Å². The van der Waals surface area contributed by atoms with Gasteiger partial charge in [-0.1, -0.05) is 0 Å². The SMILES string of the molecule is CC(C)(C)NCCOC(N)=O. The zero-order chi connectivity index (χ0) is 8.91. The van der Waals surface area contributed by atoms with Crippen LogP contribution in [0.4, 0.5) is 4.79 Å². The van der Waals surface area contributed by atoms with Crippen LogP contribution in [0.1, 0.15) is 20.8 Å². The Morgan fingerprint density at radius 1 is 1.55 bits per heavy atom. The second-order valence-corrected chi connectivity index (χ2v) is 3.34. The highest BCUT2D eigenvalue weighted by molar-refractivity contribution is 5.64. The van der Waals surface area contributed by atoms with E-state index in [-0.39, 0.29) is 5.54 Å². The maximum absolute atomic E-state index is 10.1. The predicted octanol–water partition coefficient (Wildman–Crippen LogP) is 0.470. The minimum Gasteiger partial charge on any atom is -0.448 e. The normalized spacial score (nSPS) is 11.2. The minimum atomic E-state index is -0.722. The quantitative estimate of drug-likeness (QED) is 0.590. The Bertz CT molecular complexity index is 129. The van der Waals surface area contributed by atoms with Crippen LogP contribution in [-0.4, -0.2) is 24.8 Å². The smallest absolute Gasteiger partial charge is 0.404 e. The summed E-state index contributed by atoms with van der Waals surface area (Å²) in [5.41, 5.74) is 4.81. The first-order valence-corrected chi connectivity index (χ1v) is 3.59. The maximum atomic E-state index is 10.1. The van der Waals surface area contributed by atoms with Crippen molar-refractivity contribution < 1.29 is 9.53 Å². The number of amides is 1. The van der Waals surface area contributed by atoms with E-state index in [0.29, 0.717) is 13.2 Å². The Hall–Kier alpha value is -0.770. The molecule has 1 amide bonds. The molecule has 0 aromatic rings. The second kappa shape index (κ2) is 4.18. The zero-order valence-electron chi connectivity index (χ0n) is 7.31. The molecule has 0 bridgehead atoms. The summed E-state index contributed by atoms with van der Waals surface area (Å²) in [6.07, 6.45) is -0.722. The van der Waals surface area contributed by atoms with Crippen molar-refractivity contribution in [1.82, 2.24) is 5.32 Å². The van der Waals surface area contributed by atoms with Crippen LogP contribution in [0.15, 0.2) is 0 Å². The summed E-state index contributed by atoms with van der Waals surface area (Å²) in [5.74, 6) is 0. The maximum Gasteiger partial charge on any atom is 0.404 e. The molecule has 0 atom stereocenters. The fraction of sp³-hybridized carbons (Fsp3) is 0.857. The first-order valence-electron chi connectivity index (χ1n) is 3.59. The lowest BCUT2D eigenvalue weighted by atomic mass is 10.1. The molecule has 0 saturated carbocycles. The zero-order valence-corrected chi connectivity index (χ0v) is 7.31. The van der Waals surface area contributed by atoms with E-state index in [0.717, 1.165) is 0 Å². The van der Waals surface area contributed by atoms with Crippen LogP contribution in [-0.2, 0) is 4.74 Å². The Morgan fingerprint density at radius 3 is 2.45 bits per heavy atom. The topological polar surface area (TPSA) is 64.3 Å². The number of carbonyl (C=O) groups excluding carboxylic acids is 1. The highest BCUT2D eigenvalue weighted by atomic mass is 16.5. The monoisotopic (exact) mass is 160 g/mol. The molecule has 0 saturated heterocycles. The van der Waals surface area contributed by atoms with Gasteiger partial charge in [-0.15, -0.1) is 0 Å². The van der Waals surface area contributed by atoms with Crippen molar-refractivity contribution in [3.8, 4) is 0 Å². The van der Waals surface area contributed by atoms with Crippen LogP contribution in [0.25, 0.3) is 0 Å². The molecule has 66 valence electrons. The van der Waals surface area contributed by atoms with Gasteiger partial charge in [-0.2, -0.15) is 0 Å². The molecule has 4 nitrogen and oxygen atoms in total. The number of nitrogens with two attached hydrogens (primary N) is 1. The molecule has 0 aliphatic heterocycles. The third kappa shape index (κ3) is 9.23. The first kappa shape index (κ1) is 10.2. The van der Waals surface area contributed by atoms with Crippen LogP contribution in [0, 0.1) is 0 Å². The van der Waals surface area contributed by atoms with Gasteiger partial charge in [0.15, 0.2) is 0 Å². The summed E-state index contributed by atoms with van der Waals surface area (Å²) >= 11 is 0. The molecule has 0 aliphatic rings. The van der Waals surface area contributed by atoms with E-state index >= 15 is 0 Å². The van der Waals surface area contributed by atoms with E-state index in [9.17, 15) is 4.79 Å². The predicted molar refractivity (Wildman–Crippen MR) is 43.3 cm³/mol. The summed E-state index contributed by atoms with van der Waals surface area (Å²) in [6.45, 7) is 7.07. The molecule has 3 N–H and O–H groups in total. The average molecular weight is 160 g/mol. The fourth-order valence-corrected chi connectivity index (χ4v) is 0.578. The van der Waals surface area contributed by atoms with Gasteiger partial charge in [0.1, 0.15) is 6.61 Å². The highest BCUT2D eigenvalue weighted by Crippen LogP contribution is 1.96. The van der Waals surface area contributed by atoms with Crippen molar-refractivity contribution in [2.45, 2.75) is 26.3 Å². The van der Waals surface area contributed by atoms with Crippen LogP contribution in [0.3, 0.4) is 0 Å². The van der Waals surface area contributed by atoms with Gasteiger partial charge in [-0.25, -0.2) is 4.79 Å². The fourth-order valence-electron chi connectivity index (χ4n) is 0.578. The number of primary amides is 1. The second-order valence-electron chi connectivity index (χ2n) is 3.34. The van der Waals surface area contributed by atoms with Gasteiger partial charge in [0.05, 0.1) is 0 Å². The molecule has 0 unspecified atom stereocenters. The van der Waals surface area contributed by atoms with Crippen molar-refractivity contribution in [3.05, 3.63) is 0 Å². The third-order valence-corrected chi connectivity index (χ3v) is 1.00. The molecule has 0 heterocycles. The standard InChI is InChI=1S/C7H16N2O2/c1-7(2,3)9-4-5-11-6(8)10/h9H,4-5H2,1-3H3,(H2,8,10). The summed E-state index contributed by atoms with van der Waals surface area (Å²) in [4.78, 5) is 10.1. The van der Waals surface area contributed by atoms with E-state index < -0.39 is 6.09 Å². The lowest BCUT2D eigenvalue weighted by Gasteiger charge is -2.19. The van der Waals surface area contributed by atoms with Gasteiger partial charge in [0.25, 0.3) is 0 Å². The minimum absolute atomic E-state index is 0.0566. The van der Waals surface area contributed by atoms with Gasteiger partial charge >= 0.3 is 6.09 Å². The van der Waals surface area contributed by atoms with Crippen LogP contribution in [0.5, 0.6) is 0 Å². The van der Waals surface area contributed by atoms with E-state index in [4.69, 9.17) is 5.73 Å². The van der Waals surface area contributed by atoms with Gasteiger partial charge < -0.3 is 15.8 Å². The van der Waals surface area contributed by atoms with Crippen molar-refractivity contribution in [2.24, 2.45) is 5.73 Å². The summed E-state index contributed by atoms with van der Waals surface area (Å²) in [7, 11) is 0.